The number of carbonyl (C=O) groups is 2. The topological polar surface area (TPSA) is 67.3 Å². The van der Waals surface area contributed by atoms with Crippen LogP contribution in [0.15, 0.2) is 78.9 Å². The molecule has 0 radical (unpaired) electrons. The van der Waals surface area contributed by atoms with E-state index in [2.05, 4.69) is 11.1 Å². The molecule has 0 saturated carbocycles. The second-order valence-corrected chi connectivity index (χ2v) is 9.99. The van der Waals surface area contributed by atoms with E-state index in [1.54, 1.807) is 19.1 Å². The average molecular weight is 502 g/mol. The first-order chi connectivity index (χ1) is 16.9. The highest BCUT2D eigenvalue weighted by atomic mass is 35.5. The Labute approximate surface area is 213 Å². The smallest absolute Gasteiger partial charge is 0.335 e. The number of carboxylic acids is 1. The molecule has 0 bridgehead atoms. The first-order valence-corrected chi connectivity index (χ1v) is 12.5. The third-order valence-corrected chi connectivity index (χ3v) is 7.00. The highest BCUT2D eigenvalue weighted by Crippen LogP contribution is 2.35. The molecule has 35 heavy (non-hydrogen) atoms. The van der Waals surface area contributed by atoms with Gasteiger partial charge in [0.1, 0.15) is 0 Å². The zero-order valence-electron chi connectivity index (χ0n) is 19.1. The summed E-state index contributed by atoms with van der Waals surface area (Å²) in [5, 5.41) is 11.1. The van der Waals surface area contributed by atoms with E-state index in [0.717, 1.165) is 33.3 Å². The van der Waals surface area contributed by atoms with E-state index in [-0.39, 0.29) is 10.4 Å². The molecule has 0 aliphatic rings. The van der Waals surface area contributed by atoms with Gasteiger partial charge in [0.25, 0.3) is 0 Å². The maximum absolute atomic E-state index is 12.0. The van der Waals surface area contributed by atoms with E-state index in [9.17, 15) is 14.7 Å². The number of aryl methyl sites for hydroxylation is 1. The minimum atomic E-state index is -0.937. The SMILES string of the molecule is CC(=O)S[C@H](CCc1ccccc1C(=O)O)c1cccc(/C=C/c2ccc3ccc(Cl)cc3n2)c1. The van der Waals surface area contributed by atoms with Gasteiger partial charge in [0, 0.05) is 22.6 Å². The number of hydrogen-bond acceptors (Lipinski definition) is 4. The van der Waals surface area contributed by atoms with Crippen molar-refractivity contribution < 1.29 is 14.7 Å². The fourth-order valence-corrected chi connectivity index (χ4v) is 5.06. The molecule has 1 N–H and O–H groups in total. The average Bonchev–Trinajstić information content (AvgIpc) is 2.85. The predicted octanol–water partition coefficient (Wildman–Crippen LogP) is 7.71. The number of aromatic carboxylic acids is 1. The van der Waals surface area contributed by atoms with Crippen LogP contribution in [0.3, 0.4) is 0 Å². The van der Waals surface area contributed by atoms with Crippen molar-refractivity contribution in [1.29, 1.82) is 0 Å². The lowest BCUT2D eigenvalue weighted by molar-refractivity contribution is -0.109. The quantitative estimate of drug-likeness (QED) is 0.268. The molecule has 4 aromatic rings. The predicted molar refractivity (Wildman–Crippen MR) is 145 cm³/mol. The molecule has 1 atom stereocenters. The van der Waals surface area contributed by atoms with Crippen LogP contribution in [-0.4, -0.2) is 21.2 Å². The Bertz CT molecular complexity index is 1420. The zero-order chi connectivity index (χ0) is 24.8. The first-order valence-electron chi connectivity index (χ1n) is 11.2. The van der Waals surface area contributed by atoms with Crippen LogP contribution in [-0.2, 0) is 11.2 Å². The van der Waals surface area contributed by atoms with Crippen molar-refractivity contribution in [3.05, 3.63) is 112 Å². The van der Waals surface area contributed by atoms with E-state index < -0.39 is 5.97 Å². The summed E-state index contributed by atoms with van der Waals surface area (Å²) in [5.74, 6) is -0.937. The molecular formula is C29H24ClNO3S. The lowest BCUT2D eigenvalue weighted by atomic mass is 9.98. The van der Waals surface area contributed by atoms with E-state index >= 15 is 0 Å². The molecule has 0 amide bonds. The van der Waals surface area contributed by atoms with Gasteiger partial charge in [-0.15, -0.1) is 0 Å². The number of fused-ring (bicyclic) bond motifs is 1. The second kappa shape index (κ2) is 11.3. The summed E-state index contributed by atoms with van der Waals surface area (Å²) in [4.78, 5) is 28.2. The number of aromatic nitrogens is 1. The Hall–Kier alpha value is -3.41. The van der Waals surface area contributed by atoms with Gasteiger partial charge in [0.05, 0.1) is 16.8 Å². The maximum atomic E-state index is 12.0. The number of nitrogens with zero attached hydrogens (tertiary/aromatic N) is 1. The molecule has 0 saturated heterocycles. The maximum Gasteiger partial charge on any atom is 0.335 e. The molecule has 4 nitrogen and oxygen atoms in total. The molecule has 4 rings (SSSR count). The Kier molecular flexibility index (Phi) is 8.01. The largest absolute Gasteiger partial charge is 0.478 e. The number of carboxylic acid groups (broad SMARTS) is 1. The van der Waals surface area contributed by atoms with Crippen LogP contribution >= 0.6 is 23.4 Å². The molecule has 1 heterocycles. The fraction of sp³-hybridized carbons (Fsp3) is 0.138. The number of benzene rings is 3. The van der Waals surface area contributed by atoms with Crippen molar-refractivity contribution >= 4 is 57.5 Å². The van der Waals surface area contributed by atoms with Crippen LogP contribution in [0.4, 0.5) is 0 Å². The van der Waals surface area contributed by atoms with Gasteiger partial charge >= 0.3 is 5.97 Å². The van der Waals surface area contributed by atoms with Crippen molar-refractivity contribution in [1.82, 2.24) is 4.98 Å². The Morgan fingerprint density at radius 1 is 1.00 bits per heavy atom. The van der Waals surface area contributed by atoms with Gasteiger partial charge in [-0.05, 0) is 59.9 Å². The van der Waals surface area contributed by atoms with Gasteiger partial charge in [0.15, 0.2) is 5.12 Å². The minimum absolute atomic E-state index is 0.0292. The standard InChI is InChI=1S/C29H24ClNO3S/c1-19(32)35-28(16-12-21-6-2-3-8-26(21)29(33)34)23-7-4-5-20(17-23)9-14-25-15-11-22-10-13-24(30)18-27(22)31-25/h2-11,13-15,17-18,28H,12,16H2,1H3,(H,33,34)/b14-9+/t28-/m1/s1. The minimum Gasteiger partial charge on any atom is -0.478 e. The molecule has 0 spiro atoms. The summed E-state index contributed by atoms with van der Waals surface area (Å²) in [6, 6.07) is 24.7. The first kappa shape index (κ1) is 24.7. The molecule has 176 valence electrons. The molecule has 0 aliphatic heterocycles. The molecule has 0 fully saturated rings. The van der Waals surface area contributed by atoms with Gasteiger partial charge < -0.3 is 5.11 Å². The second-order valence-electron chi connectivity index (χ2n) is 8.18. The van der Waals surface area contributed by atoms with Crippen LogP contribution in [0, 0.1) is 0 Å². The summed E-state index contributed by atoms with van der Waals surface area (Å²) in [6.45, 7) is 1.56. The molecule has 6 heteroatoms. The van der Waals surface area contributed by atoms with Gasteiger partial charge in [-0.2, -0.15) is 0 Å². The van der Waals surface area contributed by atoms with E-state index in [0.29, 0.717) is 23.4 Å². The zero-order valence-corrected chi connectivity index (χ0v) is 20.7. The highest BCUT2D eigenvalue weighted by molar-refractivity contribution is 8.13. The van der Waals surface area contributed by atoms with E-state index in [1.807, 2.05) is 72.8 Å². The van der Waals surface area contributed by atoms with Crippen LogP contribution in [0.2, 0.25) is 5.02 Å². The highest BCUT2D eigenvalue weighted by Gasteiger charge is 2.17. The van der Waals surface area contributed by atoms with Crippen molar-refractivity contribution in [2.24, 2.45) is 0 Å². The summed E-state index contributed by atoms with van der Waals surface area (Å²) in [5.41, 5.74) is 4.76. The fourth-order valence-electron chi connectivity index (χ4n) is 3.97. The van der Waals surface area contributed by atoms with Gasteiger partial charge in [-0.25, -0.2) is 9.78 Å². The number of thioether (sulfide) groups is 1. The molecular weight excluding hydrogens is 478 g/mol. The van der Waals surface area contributed by atoms with Crippen molar-refractivity contribution in [2.45, 2.75) is 25.0 Å². The number of pyridine rings is 1. The van der Waals surface area contributed by atoms with E-state index in [4.69, 9.17) is 11.6 Å². The molecule has 1 aromatic heterocycles. The van der Waals surface area contributed by atoms with Crippen LogP contribution in [0.25, 0.3) is 23.1 Å². The molecule has 3 aromatic carbocycles. The van der Waals surface area contributed by atoms with Crippen LogP contribution < -0.4 is 0 Å². The van der Waals surface area contributed by atoms with Gasteiger partial charge in [-0.1, -0.05) is 84.0 Å². The van der Waals surface area contributed by atoms with Gasteiger partial charge in [-0.3, -0.25) is 4.79 Å². The number of hydrogen-bond donors (Lipinski definition) is 1. The van der Waals surface area contributed by atoms with Crippen LogP contribution in [0.1, 0.15) is 51.3 Å². The third-order valence-electron chi connectivity index (χ3n) is 5.64. The van der Waals surface area contributed by atoms with Crippen molar-refractivity contribution in [3.63, 3.8) is 0 Å². The summed E-state index contributed by atoms with van der Waals surface area (Å²) in [7, 11) is 0. The van der Waals surface area contributed by atoms with E-state index in [1.165, 1.54) is 11.8 Å². The number of rotatable bonds is 8. The summed E-state index contributed by atoms with van der Waals surface area (Å²) in [6.07, 6.45) is 5.17. The molecule has 0 aliphatic carbocycles. The third kappa shape index (κ3) is 6.59. The lowest BCUT2D eigenvalue weighted by Gasteiger charge is -2.17. The molecule has 0 unspecified atom stereocenters. The number of carbonyl (C=O) groups excluding carboxylic acids is 1. The summed E-state index contributed by atoms with van der Waals surface area (Å²) < 4.78 is 0. The monoisotopic (exact) mass is 501 g/mol. The van der Waals surface area contributed by atoms with Crippen LogP contribution in [0.5, 0.6) is 0 Å². The van der Waals surface area contributed by atoms with Gasteiger partial charge in [0.2, 0.25) is 0 Å². The van der Waals surface area contributed by atoms with Crippen molar-refractivity contribution in [2.75, 3.05) is 0 Å². The Morgan fingerprint density at radius 3 is 2.60 bits per heavy atom. The Balaban J connectivity index is 1.54. The Morgan fingerprint density at radius 2 is 1.80 bits per heavy atom. The van der Waals surface area contributed by atoms with Crippen molar-refractivity contribution in [3.8, 4) is 0 Å². The summed E-state index contributed by atoms with van der Waals surface area (Å²) >= 11 is 7.38. The lowest BCUT2D eigenvalue weighted by Crippen LogP contribution is -2.05. The normalized spacial score (nSPS) is 12.2. The number of halogens is 1.